The van der Waals surface area contributed by atoms with Crippen LogP contribution in [-0.4, -0.2) is 13.1 Å². The smallest absolute Gasteiger partial charge is 0.00207 e. The van der Waals surface area contributed by atoms with Crippen LogP contribution >= 0.6 is 0 Å². The molecule has 0 amide bonds. The van der Waals surface area contributed by atoms with Crippen molar-refractivity contribution in [2.24, 2.45) is 17.8 Å². The average Bonchev–Trinajstić information content (AvgIpc) is 2.10. The minimum absolute atomic E-state index is 0.818. The average molecular weight is 185 g/mol. The molecule has 0 saturated carbocycles. The van der Waals surface area contributed by atoms with E-state index in [0.29, 0.717) is 0 Å². The van der Waals surface area contributed by atoms with Gasteiger partial charge in [-0.3, -0.25) is 0 Å². The first kappa shape index (κ1) is 13.0. The lowest BCUT2D eigenvalue weighted by Crippen LogP contribution is -2.25. The maximum atomic E-state index is 3.42. The van der Waals surface area contributed by atoms with E-state index in [0.717, 1.165) is 24.3 Å². The maximum Gasteiger partial charge on any atom is -0.00207 e. The van der Waals surface area contributed by atoms with Crippen LogP contribution < -0.4 is 5.32 Å². The molecule has 1 heteroatoms. The summed E-state index contributed by atoms with van der Waals surface area (Å²) in [5, 5.41) is 3.42. The molecular formula is C12H27N. The molecule has 0 aliphatic heterocycles. The topological polar surface area (TPSA) is 12.0 Å². The van der Waals surface area contributed by atoms with Crippen molar-refractivity contribution in [3.05, 3.63) is 0 Å². The lowest BCUT2D eigenvalue weighted by atomic mass is 9.89. The van der Waals surface area contributed by atoms with Gasteiger partial charge in [0.25, 0.3) is 0 Å². The third-order valence-electron chi connectivity index (χ3n) is 2.89. The Morgan fingerprint density at radius 3 is 2.00 bits per heavy atom. The third kappa shape index (κ3) is 7.06. The second-order valence-electron chi connectivity index (χ2n) is 4.73. The van der Waals surface area contributed by atoms with E-state index in [1.165, 1.54) is 19.4 Å². The molecule has 0 bridgehead atoms. The van der Waals surface area contributed by atoms with Gasteiger partial charge in [-0.05, 0) is 30.8 Å². The van der Waals surface area contributed by atoms with Gasteiger partial charge in [0.1, 0.15) is 0 Å². The molecule has 0 heterocycles. The summed E-state index contributed by atoms with van der Waals surface area (Å²) in [5.41, 5.74) is 0. The minimum Gasteiger partial charge on any atom is -0.317 e. The van der Waals surface area contributed by atoms with E-state index in [9.17, 15) is 0 Å². The molecule has 0 fully saturated rings. The lowest BCUT2D eigenvalue weighted by Gasteiger charge is -2.20. The van der Waals surface area contributed by atoms with E-state index in [4.69, 9.17) is 0 Å². The van der Waals surface area contributed by atoms with Crippen molar-refractivity contribution >= 4 is 0 Å². The normalized spacial score (nSPS) is 16.2. The largest absolute Gasteiger partial charge is 0.317 e. The fourth-order valence-corrected chi connectivity index (χ4v) is 1.45. The lowest BCUT2D eigenvalue weighted by molar-refractivity contribution is 0.326. The first-order valence-corrected chi connectivity index (χ1v) is 5.78. The monoisotopic (exact) mass is 185 g/mol. The van der Waals surface area contributed by atoms with Gasteiger partial charge in [-0.15, -0.1) is 0 Å². The summed E-state index contributed by atoms with van der Waals surface area (Å²) in [6.45, 7) is 13.8. The van der Waals surface area contributed by atoms with Crippen molar-refractivity contribution in [2.75, 3.05) is 13.1 Å². The van der Waals surface area contributed by atoms with Gasteiger partial charge >= 0.3 is 0 Å². The predicted molar refractivity (Wildman–Crippen MR) is 60.9 cm³/mol. The molecule has 0 aliphatic rings. The van der Waals surface area contributed by atoms with Crippen LogP contribution in [0.1, 0.15) is 47.5 Å². The molecule has 2 unspecified atom stereocenters. The van der Waals surface area contributed by atoms with Gasteiger partial charge in [0.05, 0.1) is 0 Å². The van der Waals surface area contributed by atoms with Crippen LogP contribution in [0.25, 0.3) is 0 Å². The zero-order valence-corrected chi connectivity index (χ0v) is 10.1. The molecule has 0 rings (SSSR count). The highest BCUT2D eigenvalue weighted by molar-refractivity contribution is 4.65. The van der Waals surface area contributed by atoms with Gasteiger partial charge in [0.15, 0.2) is 0 Å². The van der Waals surface area contributed by atoms with Crippen LogP contribution in [0.5, 0.6) is 0 Å². The van der Waals surface area contributed by atoms with E-state index >= 15 is 0 Å². The van der Waals surface area contributed by atoms with E-state index in [1.54, 1.807) is 0 Å². The Balaban J connectivity index is 3.50. The molecule has 1 N–H and O–H groups in total. The number of hydrogen-bond acceptors (Lipinski definition) is 1. The summed E-state index contributed by atoms with van der Waals surface area (Å²) in [5.74, 6) is 2.54. The SMILES string of the molecule is CCNCC(C)C(C)CCC(C)C. The predicted octanol–water partition coefficient (Wildman–Crippen LogP) is 3.30. The van der Waals surface area contributed by atoms with Crippen molar-refractivity contribution in [1.29, 1.82) is 0 Å². The number of hydrogen-bond donors (Lipinski definition) is 1. The molecule has 0 saturated heterocycles. The molecule has 0 aromatic carbocycles. The van der Waals surface area contributed by atoms with Crippen LogP contribution in [-0.2, 0) is 0 Å². The quantitative estimate of drug-likeness (QED) is 0.641. The summed E-state index contributed by atoms with van der Waals surface area (Å²) < 4.78 is 0. The Kier molecular flexibility index (Phi) is 7.35. The van der Waals surface area contributed by atoms with Crippen molar-refractivity contribution in [2.45, 2.75) is 47.5 Å². The zero-order valence-electron chi connectivity index (χ0n) is 10.1. The third-order valence-corrected chi connectivity index (χ3v) is 2.89. The van der Waals surface area contributed by atoms with Crippen LogP contribution in [0.15, 0.2) is 0 Å². The summed E-state index contributed by atoms with van der Waals surface area (Å²) in [6, 6.07) is 0. The van der Waals surface area contributed by atoms with E-state index in [1.807, 2.05) is 0 Å². The van der Waals surface area contributed by atoms with Crippen LogP contribution in [0.4, 0.5) is 0 Å². The van der Waals surface area contributed by atoms with Crippen molar-refractivity contribution in [3.63, 3.8) is 0 Å². The van der Waals surface area contributed by atoms with Crippen LogP contribution in [0, 0.1) is 17.8 Å². The number of rotatable bonds is 7. The first-order chi connectivity index (χ1) is 6.07. The molecule has 0 aromatic heterocycles. The second-order valence-corrected chi connectivity index (χ2v) is 4.73. The summed E-state index contributed by atoms with van der Waals surface area (Å²) in [6.07, 6.45) is 2.75. The van der Waals surface area contributed by atoms with Crippen molar-refractivity contribution in [3.8, 4) is 0 Å². The Morgan fingerprint density at radius 1 is 0.923 bits per heavy atom. The highest BCUT2D eigenvalue weighted by Gasteiger charge is 2.11. The van der Waals surface area contributed by atoms with E-state index < -0.39 is 0 Å². The highest BCUT2D eigenvalue weighted by atomic mass is 14.8. The molecule has 0 spiro atoms. The Labute approximate surface area is 84.3 Å². The molecule has 0 aliphatic carbocycles. The van der Waals surface area contributed by atoms with E-state index in [2.05, 4.69) is 39.9 Å². The summed E-state index contributed by atoms with van der Waals surface area (Å²) in [7, 11) is 0. The van der Waals surface area contributed by atoms with Gasteiger partial charge in [-0.2, -0.15) is 0 Å². The van der Waals surface area contributed by atoms with Gasteiger partial charge in [-0.25, -0.2) is 0 Å². The molecule has 80 valence electrons. The maximum absolute atomic E-state index is 3.42. The van der Waals surface area contributed by atoms with Crippen molar-refractivity contribution in [1.82, 2.24) is 5.32 Å². The number of nitrogens with one attached hydrogen (secondary N) is 1. The molecule has 2 atom stereocenters. The van der Waals surface area contributed by atoms with Gasteiger partial charge in [0, 0.05) is 0 Å². The Morgan fingerprint density at radius 2 is 1.54 bits per heavy atom. The summed E-state index contributed by atoms with van der Waals surface area (Å²) >= 11 is 0. The minimum atomic E-state index is 0.818. The molecule has 13 heavy (non-hydrogen) atoms. The Hall–Kier alpha value is -0.0400. The highest BCUT2D eigenvalue weighted by Crippen LogP contribution is 2.18. The summed E-state index contributed by atoms with van der Waals surface area (Å²) in [4.78, 5) is 0. The fourth-order valence-electron chi connectivity index (χ4n) is 1.45. The Bertz CT molecular complexity index is 110. The van der Waals surface area contributed by atoms with Crippen LogP contribution in [0.2, 0.25) is 0 Å². The van der Waals surface area contributed by atoms with Gasteiger partial charge in [0.2, 0.25) is 0 Å². The second kappa shape index (κ2) is 7.37. The first-order valence-electron chi connectivity index (χ1n) is 5.78. The van der Waals surface area contributed by atoms with E-state index in [-0.39, 0.29) is 0 Å². The van der Waals surface area contributed by atoms with Gasteiger partial charge < -0.3 is 5.32 Å². The standard InChI is InChI=1S/C12H27N/c1-6-13-9-12(5)11(4)8-7-10(2)3/h10-13H,6-9H2,1-5H3. The molecule has 1 nitrogen and oxygen atoms in total. The van der Waals surface area contributed by atoms with Gasteiger partial charge in [-0.1, -0.05) is 47.5 Å². The molecule has 0 aromatic rings. The molecular weight excluding hydrogens is 158 g/mol. The fraction of sp³-hybridized carbons (Fsp3) is 1.00. The molecule has 0 radical (unpaired) electrons. The van der Waals surface area contributed by atoms with Crippen molar-refractivity contribution < 1.29 is 0 Å². The van der Waals surface area contributed by atoms with Crippen LogP contribution in [0.3, 0.4) is 0 Å². The zero-order chi connectivity index (χ0) is 10.3.